The number of nitrogens with one attached hydrogen (secondary N) is 1. The molecule has 6 nitrogen and oxygen atoms in total. The van der Waals surface area contributed by atoms with Crippen LogP contribution in [0.3, 0.4) is 0 Å². The summed E-state index contributed by atoms with van der Waals surface area (Å²) in [7, 11) is 0. The maximum atomic E-state index is 12.3. The van der Waals surface area contributed by atoms with Gasteiger partial charge in [0.15, 0.2) is 11.5 Å². The fraction of sp³-hybridized carbons (Fsp3) is 0.158. The van der Waals surface area contributed by atoms with E-state index in [1.165, 1.54) is 6.21 Å². The van der Waals surface area contributed by atoms with Gasteiger partial charge in [0, 0.05) is 15.6 Å². The monoisotopic (exact) mass is 496 g/mol. The fourth-order valence-electron chi connectivity index (χ4n) is 2.09. The van der Waals surface area contributed by atoms with Crippen molar-refractivity contribution in [3.05, 3.63) is 63.1 Å². The van der Waals surface area contributed by atoms with Crippen LogP contribution in [0.4, 0.5) is 0 Å². The summed E-state index contributed by atoms with van der Waals surface area (Å²) in [5.41, 5.74) is 3.23. The number of halogens is 2. The number of aromatic hydroxyl groups is 1. The second-order valence-electron chi connectivity index (χ2n) is 5.22. The van der Waals surface area contributed by atoms with Crippen molar-refractivity contribution in [2.75, 3.05) is 13.2 Å². The molecule has 2 aromatic carbocycles. The standard InChI is InChI=1S/C19H18Br2N2O4/c1-3-7-27-16-6-5-12(9-17(16)26-4-2)19(25)23-22-11-13-8-14(20)10-15(21)18(13)24/h3,5-6,8-11,24H,1,4,7H2,2H3,(H,23,25)/b22-11+. The number of nitrogens with zero attached hydrogens (tertiary/aromatic N) is 1. The summed E-state index contributed by atoms with van der Waals surface area (Å²) >= 11 is 6.57. The molecular weight excluding hydrogens is 480 g/mol. The zero-order chi connectivity index (χ0) is 19.8. The van der Waals surface area contributed by atoms with Gasteiger partial charge in [-0.15, -0.1) is 0 Å². The Morgan fingerprint density at radius 3 is 2.74 bits per heavy atom. The molecule has 2 N–H and O–H groups in total. The summed E-state index contributed by atoms with van der Waals surface area (Å²) in [5.74, 6) is 0.597. The molecule has 2 rings (SSSR count). The van der Waals surface area contributed by atoms with Crippen LogP contribution in [-0.2, 0) is 0 Å². The number of amides is 1. The first-order valence-corrected chi connectivity index (χ1v) is 9.56. The Kier molecular flexibility index (Phi) is 7.87. The molecule has 27 heavy (non-hydrogen) atoms. The normalized spacial score (nSPS) is 10.6. The van der Waals surface area contributed by atoms with E-state index < -0.39 is 5.91 Å². The van der Waals surface area contributed by atoms with E-state index in [9.17, 15) is 9.90 Å². The van der Waals surface area contributed by atoms with E-state index in [2.05, 4.69) is 49.0 Å². The van der Waals surface area contributed by atoms with E-state index in [0.717, 1.165) is 4.47 Å². The minimum atomic E-state index is -0.420. The third kappa shape index (κ3) is 5.83. The quantitative estimate of drug-likeness (QED) is 0.316. The van der Waals surface area contributed by atoms with E-state index in [0.29, 0.717) is 40.3 Å². The number of benzene rings is 2. The van der Waals surface area contributed by atoms with Gasteiger partial charge in [-0.2, -0.15) is 5.10 Å². The van der Waals surface area contributed by atoms with Gasteiger partial charge >= 0.3 is 0 Å². The molecule has 0 atom stereocenters. The predicted molar refractivity (Wildman–Crippen MR) is 112 cm³/mol. The summed E-state index contributed by atoms with van der Waals surface area (Å²) < 4.78 is 12.3. The molecule has 0 aromatic heterocycles. The molecule has 0 unspecified atom stereocenters. The van der Waals surface area contributed by atoms with Crippen LogP contribution in [-0.4, -0.2) is 30.4 Å². The molecule has 2 aromatic rings. The van der Waals surface area contributed by atoms with Crippen LogP contribution in [0, 0.1) is 0 Å². The lowest BCUT2D eigenvalue weighted by Gasteiger charge is -2.12. The second-order valence-corrected chi connectivity index (χ2v) is 6.99. The number of hydrogen-bond donors (Lipinski definition) is 2. The SMILES string of the molecule is C=CCOc1ccc(C(=O)N/N=C/c2cc(Br)cc(Br)c2O)cc1OCC. The molecule has 0 aliphatic carbocycles. The number of ether oxygens (including phenoxy) is 2. The van der Waals surface area contributed by atoms with Gasteiger partial charge in [0.2, 0.25) is 0 Å². The van der Waals surface area contributed by atoms with Crippen LogP contribution >= 0.6 is 31.9 Å². The van der Waals surface area contributed by atoms with Crippen molar-refractivity contribution >= 4 is 44.0 Å². The van der Waals surface area contributed by atoms with Crippen LogP contribution in [0.1, 0.15) is 22.8 Å². The first-order chi connectivity index (χ1) is 13.0. The van der Waals surface area contributed by atoms with Gasteiger partial charge in [-0.3, -0.25) is 4.79 Å². The van der Waals surface area contributed by atoms with Gasteiger partial charge in [-0.1, -0.05) is 28.6 Å². The number of carbonyl (C=O) groups is 1. The third-order valence-corrected chi connectivity index (χ3v) is 4.35. The molecule has 0 heterocycles. The number of phenolic OH excluding ortho intramolecular Hbond substituents is 1. The predicted octanol–water partition coefficient (Wildman–Crippen LogP) is 4.64. The lowest BCUT2D eigenvalue weighted by molar-refractivity contribution is 0.0954. The van der Waals surface area contributed by atoms with Crippen molar-refractivity contribution in [2.45, 2.75) is 6.92 Å². The fourth-order valence-corrected chi connectivity index (χ4v) is 3.35. The van der Waals surface area contributed by atoms with Crippen molar-refractivity contribution < 1.29 is 19.4 Å². The number of carbonyl (C=O) groups excluding carboxylic acids is 1. The Labute approximate surface area is 174 Å². The highest BCUT2D eigenvalue weighted by atomic mass is 79.9. The topological polar surface area (TPSA) is 80.2 Å². The summed E-state index contributed by atoms with van der Waals surface area (Å²) in [6, 6.07) is 8.23. The first kappa shape index (κ1) is 21.0. The van der Waals surface area contributed by atoms with Crippen LogP contribution < -0.4 is 14.9 Å². The molecule has 0 saturated heterocycles. The molecule has 8 heteroatoms. The zero-order valence-electron chi connectivity index (χ0n) is 14.5. The van der Waals surface area contributed by atoms with E-state index in [4.69, 9.17) is 9.47 Å². The Hall–Kier alpha value is -2.32. The molecule has 0 radical (unpaired) electrons. The molecule has 0 fully saturated rings. The van der Waals surface area contributed by atoms with Crippen LogP contribution in [0.15, 0.2) is 57.0 Å². The summed E-state index contributed by atoms with van der Waals surface area (Å²) in [6.07, 6.45) is 2.98. The molecule has 0 aliphatic heterocycles. The Balaban J connectivity index is 2.13. The maximum absolute atomic E-state index is 12.3. The number of hydrazone groups is 1. The van der Waals surface area contributed by atoms with Crippen molar-refractivity contribution in [3.8, 4) is 17.2 Å². The van der Waals surface area contributed by atoms with E-state index in [1.807, 2.05) is 6.92 Å². The Morgan fingerprint density at radius 2 is 2.04 bits per heavy atom. The summed E-state index contributed by atoms with van der Waals surface area (Å²) in [4.78, 5) is 12.3. The first-order valence-electron chi connectivity index (χ1n) is 7.98. The van der Waals surface area contributed by atoms with Gasteiger partial charge in [-0.25, -0.2) is 5.43 Å². The Morgan fingerprint density at radius 1 is 1.26 bits per heavy atom. The minimum Gasteiger partial charge on any atom is -0.506 e. The highest BCUT2D eigenvalue weighted by Crippen LogP contribution is 2.31. The third-order valence-electron chi connectivity index (χ3n) is 3.29. The number of hydrogen-bond acceptors (Lipinski definition) is 5. The van der Waals surface area contributed by atoms with Gasteiger partial charge < -0.3 is 14.6 Å². The maximum Gasteiger partial charge on any atom is 0.271 e. The van der Waals surface area contributed by atoms with Gasteiger partial charge in [0.05, 0.1) is 17.3 Å². The summed E-state index contributed by atoms with van der Waals surface area (Å²) in [5, 5.41) is 13.9. The molecule has 142 valence electrons. The second kappa shape index (κ2) is 10.1. The van der Waals surface area contributed by atoms with Crippen LogP contribution in [0.25, 0.3) is 0 Å². The lowest BCUT2D eigenvalue weighted by atomic mass is 10.2. The average molecular weight is 498 g/mol. The lowest BCUT2D eigenvalue weighted by Crippen LogP contribution is -2.17. The van der Waals surface area contributed by atoms with Crippen molar-refractivity contribution in [2.24, 2.45) is 5.10 Å². The molecule has 0 spiro atoms. The molecular formula is C19H18Br2N2O4. The van der Waals surface area contributed by atoms with Crippen molar-refractivity contribution in [1.29, 1.82) is 0 Å². The zero-order valence-corrected chi connectivity index (χ0v) is 17.7. The number of rotatable bonds is 8. The van der Waals surface area contributed by atoms with E-state index in [1.54, 1.807) is 36.4 Å². The molecule has 0 saturated carbocycles. The molecule has 0 aliphatic rings. The highest BCUT2D eigenvalue weighted by Gasteiger charge is 2.11. The van der Waals surface area contributed by atoms with Crippen molar-refractivity contribution in [3.63, 3.8) is 0 Å². The summed E-state index contributed by atoms with van der Waals surface area (Å²) in [6.45, 7) is 6.22. The Bertz CT molecular complexity index is 869. The van der Waals surface area contributed by atoms with E-state index in [-0.39, 0.29) is 5.75 Å². The highest BCUT2D eigenvalue weighted by molar-refractivity contribution is 9.11. The van der Waals surface area contributed by atoms with Crippen molar-refractivity contribution in [1.82, 2.24) is 5.43 Å². The molecule has 0 bridgehead atoms. The number of phenols is 1. The smallest absolute Gasteiger partial charge is 0.271 e. The van der Waals surface area contributed by atoms with Crippen LogP contribution in [0.5, 0.6) is 17.2 Å². The van der Waals surface area contributed by atoms with E-state index >= 15 is 0 Å². The van der Waals surface area contributed by atoms with Gasteiger partial charge in [-0.05, 0) is 53.2 Å². The minimum absolute atomic E-state index is 0.0264. The average Bonchev–Trinajstić information content (AvgIpc) is 2.64. The largest absolute Gasteiger partial charge is 0.506 e. The van der Waals surface area contributed by atoms with Gasteiger partial charge in [0.25, 0.3) is 5.91 Å². The van der Waals surface area contributed by atoms with Gasteiger partial charge in [0.1, 0.15) is 12.4 Å². The molecule has 1 amide bonds. The van der Waals surface area contributed by atoms with Crippen LogP contribution in [0.2, 0.25) is 0 Å².